The van der Waals surface area contributed by atoms with Crippen molar-refractivity contribution in [1.29, 1.82) is 0 Å². The first kappa shape index (κ1) is 18.1. The summed E-state index contributed by atoms with van der Waals surface area (Å²) in [5.74, 6) is 1.44. The lowest BCUT2D eigenvalue weighted by molar-refractivity contribution is -0.117. The molecule has 1 unspecified atom stereocenters. The highest BCUT2D eigenvalue weighted by Crippen LogP contribution is 2.40. The van der Waals surface area contributed by atoms with Gasteiger partial charge in [-0.3, -0.25) is 4.79 Å². The average molecular weight is 335 g/mol. The van der Waals surface area contributed by atoms with Gasteiger partial charge in [0.2, 0.25) is 5.75 Å². The fraction of sp³-hybridized carbons (Fsp3) is 0.500. The Morgan fingerprint density at radius 3 is 2.12 bits per heavy atom. The number of allylic oxidation sites excluding steroid dienone is 2. The van der Waals surface area contributed by atoms with Gasteiger partial charge in [0, 0.05) is 23.8 Å². The molecule has 1 aliphatic rings. The quantitative estimate of drug-likeness (QED) is 0.778. The van der Waals surface area contributed by atoms with Gasteiger partial charge in [-0.15, -0.1) is 0 Å². The molecule has 24 heavy (non-hydrogen) atoms. The number of methoxy groups -OCH3 is 3. The number of aliphatic hydroxyl groups excluding tert-OH is 1. The lowest BCUT2D eigenvalue weighted by atomic mass is 9.79. The van der Waals surface area contributed by atoms with E-state index in [9.17, 15) is 9.90 Å². The smallest absolute Gasteiger partial charge is 0.203 e. The summed E-state index contributed by atoms with van der Waals surface area (Å²) in [5.41, 5.74) is 1.15. The zero-order chi connectivity index (χ0) is 17.9. The lowest BCUT2D eigenvalue weighted by Crippen LogP contribution is -2.30. The topological polar surface area (TPSA) is 77.0 Å². The molecule has 0 aliphatic heterocycles. The molecule has 2 N–H and O–H groups in total. The van der Waals surface area contributed by atoms with Crippen LogP contribution in [0.5, 0.6) is 17.2 Å². The Bertz CT molecular complexity index is 626. The van der Waals surface area contributed by atoms with Crippen LogP contribution in [-0.4, -0.2) is 32.2 Å². The van der Waals surface area contributed by atoms with Crippen molar-refractivity contribution < 1.29 is 24.1 Å². The normalized spacial score (nSPS) is 17.8. The third kappa shape index (κ3) is 4.00. The molecule has 2 rings (SSSR count). The molecule has 0 fully saturated rings. The number of ether oxygens (including phenoxy) is 3. The second kappa shape index (κ2) is 7.13. The molecule has 0 bridgehead atoms. The summed E-state index contributed by atoms with van der Waals surface area (Å²) in [6.45, 7) is 4.07. The van der Waals surface area contributed by atoms with Gasteiger partial charge in [0.1, 0.15) is 0 Å². The molecule has 6 heteroatoms. The summed E-state index contributed by atoms with van der Waals surface area (Å²) >= 11 is 0. The van der Waals surface area contributed by atoms with Crippen LogP contribution in [0.4, 0.5) is 0 Å². The van der Waals surface area contributed by atoms with Crippen LogP contribution in [0.3, 0.4) is 0 Å². The number of hydrogen-bond acceptors (Lipinski definition) is 6. The molecule has 0 radical (unpaired) electrons. The maximum Gasteiger partial charge on any atom is 0.203 e. The Balaban J connectivity index is 2.27. The fourth-order valence-corrected chi connectivity index (χ4v) is 2.96. The van der Waals surface area contributed by atoms with Crippen LogP contribution in [0.15, 0.2) is 23.9 Å². The van der Waals surface area contributed by atoms with Crippen molar-refractivity contribution >= 4 is 5.78 Å². The van der Waals surface area contributed by atoms with Crippen LogP contribution in [-0.2, 0) is 4.79 Å². The number of ketones is 1. The van der Waals surface area contributed by atoms with Crippen molar-refractivity contribution in [3.05, 3.63) is 29.5 Å². The number of carbonyl (C=O) groups excluding carboxylic acids is 1. The predicted octanol–water partition coefficient (Wildman–Crippen LogP) is 2.57. The maximum atomic E-state index is 11.8. The highest BCUT2D eigenvalue weighted by Gasteiger charge is 2.28. The summed E-state index contributed by atoms with van der Waals surface area (Å²) in [6, 6.07) is 3.35. The molecule has 1 aliphatic carbocycles. The Kier molecular flexibility index (Phi) is 5.39. The van der Waals surface area contributed by atoms with E-state index in [2.05, 4.69) is 5.32 Å². The highest BCUT2D eigenvalue weighted by atomic mass is 16.5. The fourth-order valence-electron chi connectivity index (χ4n) is 2.96. The molecule has 0 saturated heterocycles. The molecule has 0 saturated carbocycles. The van der Waals surface area contributed by atoms with Crippen LogP contribution in [0.2, 0.25) is 0 Å². The Morgan fingerprint density at radius 2 is 1.67 bits per heavy atom. The molecule has 6 nitrogen and oxygen atoms in total. The van der Waals surface area contributed by atoms with E-state index in [1.54, 1.807) is 18.2 Å². The minimum atomic E-state index is -0.994. The molecule has 0 spiro atoms. The van der Waals surface area contributed by atoms with Gasteiger partial charge in [-0.2, -0.15) is 0 Å². The third-order valence-electron chi connectivity index (χ3n) is 3.98. The molecule has 132 valence electrons. The van der Waals surface area contributed by atoms with Crippen molar-refractivity contribution in [3.8, 4) is 17.2 Å². The predicted molar refractivity (Wildman–Crippen MR) is 90.3 cm³/mol. The van der Waals surface area contributed by atoms with Crippen LogP contribution >= 0.6 is 0 Å². The van der Waals surface area contributed by atoms with Gasteiger partial charge in [0.25, 0.3) is 0 Å². The van der Waals surface area contributed by atoms with Crippen molar-refractivity contribution in [2.24, 2.45) is 5.41 Å². The first-order valence-electron chi connectivity index (χ1n) is 7.77. The summed E-state index contributed by atoms with van der Waals surface area (Å²) < 4.78 is 15.9. The third-order valence-corrected chi connectivity index (χ3v) is 3.98. The largest absolute Gasteiger partial charge is 0.493 e. The number of aliphatic hydroxyl groups is 1. The molecule has 1 aromatic carbocycles. The van der Waals surface area contributed by atoms with E-state index in [1.165, 1.54) is 21.3 Å². The van der Waals surface area contributed by atoms with Crippen molar-refractivity contribution in [3.63, 3.8) is 0 Å². The van der Waals surface area contributed by atoms with E-state index in [1.807, 2.05) is 13.8 Å². The van der Waals surface area contributed by atoms with Crippen molar-refractivity contribution in [2.45, 2.75) is 32.9 Å². The Hall–Kier alpha value is -2.21. The summed E-state index contributed by atoms with van der Waals surface area (Å²) in [4.78, 5) is 11.8. The zero-order valence-corrected chi connectivity index (χ0v) is 14.8. The molecule has 0 amide bonds. The van der Waals surface area contributed by atoms with E-state index in [-0.39, 0.29) is 11.2 Å². The second-order valence-electron chi connectivity index (χ2n) is 6.66. The minimum absolute atomic E-state index is 0.0610. The van der Waals surface area contributed by atoms with Gasteiger partial charge in [-0.25, -0.2) is 0 Å². The number of hydrogen-bond donors (Lipinski definition) is 2. The zero-order valence-electron chi connectivity index (χ0n) is 14.8. The molecule has 0 aromatic heterocycles. The summed E-state index contributed by atoms with van der Waals surface area (Å²) in [5, 5.41) is 13.5. The van der Waals surface area contributed by atoms with Gasteiger partial charge in [0.05, 0.1) is 21.3 Å². The number of benzene rings is 1. The van der Waals surface area contributed by atoms with Gasteiger partial charge >= 0.3 is 0 Å². The van der Waals surface area contributed by atoms with E-state index < -0.39 is 6.23 Å². The van der Waals surface area contributed by atoms with E-state index in [4.69, 9.17) is 14.2 Å². The van der Waals surface area contributed by atoms with Crippen LogP contribution < -0.4 is 19.5 Å². The molecule has 1 aromatic rings. The highest BCUT2D eigenvalue weighted by molar-refractivity contribution is 5.91. The number of rotatable bonds is 6. The summed E-state index contributed by atoms with van der Waals surface area (Å²) in [6.07, 6.45) is 1.78. The van der Waals surface area contributed by atoms with Crippen molar-refractivity contribution in [2.75, 3.05) is 21.3 Å². The second-order valence-corrected chi connectivity index (χ2v) is 6.66. The van der Waals surface area contributed by atoms with E-state index >= 15 is 0 Å². The van der Waals surface area contributed by atoms with Gasteiger partial charge in [0.15, 0.2) is 23.5 Å². The number of carbonyl (C=O) groups is 1. The monoisotopic (exact) mass is 335 g/mol. The minimum Gasteiger partial charge on any atom is -0.493 e. The first-order valence-corrected chi connectivity index (χ1v) is 7.77. The lowest BCUT2D eigenvalue weighted by Gasteiger charge is -2.30. The first-order chi connectivity index (χ1) is 11.3. The van der Waals surface area contributed by atoms with E-state index in [0.717, 1.165) is 5.70 Å². The van der Waals surface area contributed by atoms with Gasteiger partial charge < -0.3 is 24.6 Å². The van der Waals surface area contributed by atoms with Crippen LogP contribution in [0, 0.1) is 5.41 Å². The SMILES string of the molecule is COc1cc(C(O)NC2=CC(=O)CC(C)(C)C2)cc(OC)c1OC. The molecular formula is C18H25NO5. The molecule has 0 heterocycles. The van der Waals surface area contributed by atoms with Crippen molar-refractivity contribution in [1.82, 2.24) is 5.32 Å². The van der Waals surface area contributed by atoms with Crippen LogP contribution in [0.25, 0.3) is 0 Å². The molecular weight excluding hydrogens is 310 g/mol. The Morgan fingerprint density at radius 1 is 1.08 bits per heavy atom. The van der Waals surface area contributed by atoms with Crippen LogP contribution in [0.1, 0.15) is 38.5 Å². The average Bonchev–Trinajstić information content (AvgIpc) is 2.51. The maximum absolute atomic E-state index is 11.8. The number of nitrogens with one attached hydrogen (secondary N) is 1. The standard InChI is InChI=1S/C18H25NO5/c1-18(2)9-12(8-13(20)10-18)19-17(21)11-6-14(22-3)16(24-5)15(7-11)23-4/h6-8,17,19,21H,9-10H2,1-5H3. The van der Waals surface area contributed by atoms with Gasteiger partial charge in [-0.1, -0.05) is 13.8 Å². The summed E-state index contributed by atoms with van der Waals surface area (Å²) in [7, 11) is 4.56. The molecule has 1 atom stereocenters. The Labute approximate surface area is 142 Å². The van der Waals surface area contributed by atoms with Gasteiger partial charge in [-0.05, 0) is 24.0 Å². The van der Waals surface area contributed by atoms with E-state index in [0.29, 0.717) is 35.7 Å².